The Morgan fingerprint density at radius 2 is 2.00 bits per heavy atom. The normalized spacial score (nSPS) is 10.6. The quantitative estimate of drug-likeness (QED) is 0.890. The highest BCUT2D eigenvalue weighted by atomic mass is 19.1. The Kier molecular flexibility index (Phi) is 5.03. The number of benzene rings is 1. The van der Waals surface area contributed by atoms with Crippen LogP contribution in [0.5, 0.6) is 0 Å². The molecule has 0 atom stereocenters. The predicted octanol–water partition coefficient (Wildman–Crippen LogP) is 2.32. The largest absolute Gasteiger partial charge is 0.480 e. The number of aliphatic carboxylic acids is 1. The highest BCUT2D eigenvalue weighted by Gasteiger charge is 2.21. The molecule has 1 aromatic rings. The van der Waals surface area contributed by atoms with E-state index in [4.69, 9.17) is 5.11 Å². The molecule has 0 unspecified atom stereocenters. The molecule has 19 heavy (non-hydrogen) atoms. The lowest BCUT2D eigenvalue weighted by Crippen LogP contribution is -2.38. The molecular weight excluding hydrogens is 249 g/mol. The SMILES string of the molecule is Cc1ccc(F)cc1C(=O)N(CC(=O)O)CC(C)C. The number of aryl methyl sites for hydroxylation is 1. The molecule has 0 saturated carbocycles. The summed E-state index contributed by atoms with van der Waals surface area (Å²) < 4.78 is 13.2. The number of amides is 1. The molecule has 0 fully saturated rings. The summed E-state index contributed by atoms with van der Waals surface area (Å²) in [6, 6.07) is 3.93. The predicted molar refractivity (Wildman–Crippen MR) is 69.5 cm³/mol. The van der Waals surface area contributed by atoms with Gasteiger partial charge in [-0.1, -0.05) is 19.9 Å². The summed E-state index contributed by atoms with van der Waals surface area (Å²) in [6.45, 7) is 5.41. The van der Waals surface area contributed by atoms with Crippen LogP contribution < -0.4 is 0 Å². The van der Waals surface area contributed by atoms with Gasteiger partial charge in [0.2, 0.25) is 0 Å². The van der Waals surface area contributed by atoms with Crippen LogP contribution in [0.2, 0.25) is 0 Å². The first-order valence-corrected chi connectivity index (χ1v) is 6.08. The zero-order chi connectivity index (χ0) is 14.6. The summed E-state index contributed by atoms with van der Waals surface area (Å²) in [5, 5.41) is 8.85. The number of hydrogen-bond donors (Lipinski definition) is 1. The van der Waals surface area contributed by atoms with Crippen molar-refractivity contribution < 1.29 is 19.1 Å². The summed E-state index contributed by atoms with van der Waals surface area (Å²) in [5.74, 6) is -1.90. The van der Waals surface area contributed by atoms with Crippen molar-refractivity contribution in [2.75, 3.05) is 13.1 Å². The molecule has 0 radical (unpaired) electrons. The topological polar surface area (TPSA) is 57.6 Å². The Bertz CT molecular complexity index is 486. The first-order chi connectivity index (χ1) is 8.81. The molecule has 0 aliphatic rings. The van der Waals surface area contributed by atoms with Crippen LogP contribution in [0.1, 0.15) is 29.8 Å². The molecule has 0 bridgehead atoms. The van der Waals surface area contributed by atoms with E-state index < -0.39 is 17.7 Å². The second kappa shape index (κ2) is 6.31. The van der Waals surface area contributed by atoms with Crippen molar-refractivity contribution in [1.29, 1.82) is 0 Å². The lowest BCUT2D eigenvalue weighted by molar-refractivity contribution is -0.137. The summed E-state index contributed by atoms with van der Waals surface area (Å²) >= 11 is 0. The minimum absolute atomic E-state index is 0.136. The van der Waals surface area contributed by atoms with Gasteiger partial charge in [-0.05, 0) is 30.5 Å². The molecule has 0 aliphatic heterocycles. The molecule has 0 heterocycles. The highest BCUT2D eigenvalue weighted by Crippen LogP contribution is 2.14. The molecule has 0 saturated heterocycles. The third-order valence-electron chi connectivity index (χ3n) is 2.63. The van der Waals surface area contributed by atoms with E-state index >= 15 is 0 Å². The van der Waals surface area contributed by atoms with Crippen molar-refractivity contribution in [2.45, 2.75) is 20.8 Å². The third-order valence-corrected chi connectivity index (χ3v) is 2.63. The number of carbonyl (C=O) groups is 2. The molecule has 1 amide bonds. The summed E-state index contributed by atoms with van der Waals surface area (Å²) in [7, 11) is 0. The number of rotatable bonds is 5. The fraction of sp³-hybridized carbons (Fsp3) is 0.429. The van der Waals surface area contributed by atoms with Gasteiger partial charge in [-0.3, -0.25) is 9.59 Å². The fourth-order valence-electron chi connectivity index (χ4n) is 1.82. The van der Waals surface area contributed by atoms with Crippen molar-refractivity contribution >= 4 is 11.9 Å². The van der Waals surface area contributed by atoms with Crippen LogP contribution in [0.15, 0.2) is 18.2 Å². The van der Waals surface area contributed by atoms with Gasteiger partial charge in [0.15, 0.2) is 0 Å². The van der Waals surface area contributed by atoms with E-state index in [0.717, 1.165) is 6.07 Å². The number of carboxylic acids is 1. The van der Waals surface area contributed by atoms with Crippen molar-refractivity contribution in [3.8, 4) is 0 Å². The number of nitrogens with zero attached hydrogens (tertiary/aromatic N) is 1. The molecule has 4 nitrogen and oxygen atoms in total. The Labute approximate surface area is 111 Å². The second-order valence-corrected chi connectivity index (χ2v) is 4.93. The van der Waals surface area contributed by atoms with Gasteiger partial charge in [-0.25, -0.2) is 4.39 Å². The van der Waals surface area contributed by atoms with Crippen LogP contribution in [0.3, 0.4) is 0 Å². The van der Waals surface area contributed by atoms with Gasteiger partial charge in [-0.2, -0.15) is 0 Å². The molecule has 1 rings (SSSR count). The maximum Gasteiger partial charge on any atom is 0.323 e. The summed E-state index contributed by atoms with van der Waals surface area (Å²) in [6.07, 6.45) is 0. The van der Waals surface area contributed by atoms with Gasteiger partial charge in [0, 0.05) is 12.1 Å². The molecule has 1 aromatic carbocycles. The zero-order valence-electron chi connectivity index (χ0n) is 11.3. The van der Waals surface area contributed by atoms with Crippen LogP contribution in [0.25, 0.3) is 0 Å². The fourth-order valence-corrected chi connectivity index (χ4v) is 1.82. The maximum atomic E-state index is 13.2. The van der Waals surface area contributed by atoms with Gasteiger partial charge in [0.1, 0.15) is 12.4 Å². The van der Waals surface area contributed by atoms with E-state index in [-0.39, 0.29) is 18.0 Å². The van der Waals surface area contributed by atoms with Crippen LogP contribution in [0.4, 0.5) is 4.39 Å². The lowest BCUT2D eigenvalue weighted by Gasteiger charge is -2.23. The van der Waals surface area contributed by atoms with Gasteiger partial charge in [0.05, 0.1) is 0 Å². The summed E-state index contributed by atoms with van der Waals surface area (Å²) in [5.41, 5.74) is 0.840. The van der Waals surface area contributed by atoms with E-state index in [1.807, 2.05) is 13.8 Å². The van der Waals surface area contributed by atoms with Crippen LogP contribution in [-0.2, 0) is 4.79 Å². The Morgan fingerprint density at radius 1 is 1.37 bits per heavy atom. The Balaban J connectivity index is 3.03. The Hall–Kier alpha value is -1.91. The number of carbonyl (C=O) groups excluding carboxylic acids is 1. The van der Waals surface area contributed by atoms with Gasteiger partial charge >= 0.3 is 5.97 Å². The van der Waals surface area contributed by atoms with Gasteiger partial charge in [-0.15, -0.1) is 0 Å². The van der Waals surface area contributed by atoms with Crippen LogP contribution >= 0.6 is 0 Å². The standard InChI is InChI=1S/C14H18FNO3/c1-9(2)7-16(8-13(17)18)14(19)12-6-11(15)5-4-10(12)3/h4-6,9H,7-8H2,1-3H3,(H,17,18). The number of hydrogen-bond acceptors (Lipinski definition) is 2. The van der Waals surface area contributed by atoms with Crippen molar-refractivity contribution in [2.24, 2.45) is 5.92 Å². The van der Waals surface area contributed by atoms with E-state index in [9.17, 15) is 14.0 Å². The minimum atomic E-state index is -1.08. The van der Waals surface area contributed by atoms with Crippen LogP contribution in [-0.4, -0.2) is 35.0 Å². The lowest BCUT2D eigenvalue weighted by atomic mass is 10.1. The smallest absolute Gasteiger partial charge is 0.323 e. The summed E-state index contributed by atoms with van der Waals surface area (Å²) in [4.78, 5) is 24.3. The average molecular weight is 267 g/mol. The van der Waals surface area contributed by atoms with Crippen molar-refractivity contribution in [1.82, 2.24) is 4.90 Å². The molecule has 0 aromatic heterocycles. The Morgan fingerprint density at radius 3 is 2.53 bits per heavy atom. The van der Waals surface area contributed by atoms with E-state index in [2.05, 4.69) is 0 Å². The molecule has 0 spiro atoms. The number of halogens is 1. The van der Waals surface area contributed by atoms with Crippen molar-refractivity contribution in [3.63, 3.8) is 0 Å². The zero-order valence-corrected chi connectivity index (χ0v) is 11.3. The second-order valence-electron chi connectivity index (χ2n) is 4.93. The highest BCUT2D eigenvalue weighted by molar-refractivity contribution is 5.97. The molecule has 104 valence electrons. The van der Waals surface area contributed by atoms with E-state index in [1.54, 1.807) is 6.92 Å². The first kappa shape index (κ1) is 15.1. The minimum Gasteiger partial charge on any atom is -0.480 e. The monoisotopic (exact) mass is 267 g/mol. The van der Waals surface area contributed by atoms with Crippen molar-refractivity contribution in [3.05, 3.63) is 35.1 Å². The third kappa shape index (κ3) is 4.35. The van der Waals surface area contributed by atoms with Crippen LogP contribution in [0, 0.1) is 18.7 Å². The molecule has 0 aliphatic carbocycles. The average Bonchev–Trinajstić information content (AvgIpc) is 2.29. The van der Waals surface area contributed by atoms with E-state index in [1.165, 1.54) is 17.0 Å². The number of carboxylic acid groups (broad SMARTS) is 1. The molecule has 5 heteroatoms. The van der Waals surface area contributed by atoms with E-state index in [0.29, 0.717) is 12.1 Å². The van der Waals surface area contributed by atoms with Gasteiger partial charge in [0.25, 0.3) is 5.91 Å². The maximum absolute atomic E-state index is 13.2. The molecule has 1 N–H and O–H groups in total. The first-order valence-electron chi connectivity index (χ1n) is 6.08. The molecular formula is C14H18FNO3. The van der Waals surface area contributed by atoms with Gasteiger partial charge < -0.3 is 10.0 Å².